The lowest BCUT2D eigenvalue weighted by Gasteiger charge is -2.08. The van der Waals surface area contributed by atoms with Gasteiger partial charge in [-0.1, -0.05) is 24.3 Å². The maximum Gasteiger partial charge on any atom is 0.224 e. The number of aromatic nitrogens is 2. The molecule has 2 heterocycles. The summed E-state index contributed by atoms with van der Waals surface area (Å²) in [5, 5.41) is 5.20. The van der Waals surface area contributed by atoms with Crippen molar-refractivity contribution in [1.82, 2.24) is 14.9 Å². The van der Waals surface area contributed by atoms with Crippen LogP contribution in [-0.2, 0) is 17.8 Å². The molecule has 132 valence electrons. The van der Waals surface area contributed by atoms with E-state index >= 15 is 0 Å². The molecule has 0 unspecified atom stereocenters. The van der Waals surface area contributed by atoms with Gasteiger partial charge in [-0.05, 0) is 29.8 Å². The van der Waals surface area contributed by atoms with E-state index in [-0.39, 0.29) is 5.91 Å². The molecule has 2 aromatic carbocycles. The summed E-state index contributed by atoms with van der Waals surface area (Å²) < 4.78 is 7.52. The minimum absolute atomic E-state index is 0.0313. The molecule has 0 radical (unpaired) electrons. The SMILES string of the molecule is COc1cccc2c1ccn2CCNC(=O)Cc1c[nH]c2ccccc12. The summed E-state index contributed by atoms with van der Waals surface area (Å²) >= 11 is 0. The van der Waals surface area contributed by atoms with Crippen LogP contribution in [0.2, 0.25) is 0 Å². The Kier molecular flexibility index (Phi) is 4.35. The van der Waals surface area contributed by atoms with Crippen molar-refractivity contribution in [1.29, 1.82) is 0 Å². The fourth-order valence-electron chi connectivity index (χ4n) is 3.40. The van der Waals surface area contributed by atoms with Crippen LogP contribution in [0.25, 0.3) is 21.8 Å². The first-order chi connectivity index (χ1) is 12.8. The van der Waals surface area contributed by atoms with E-state index in [2.05, 4.69) is 20.9 Å². The predicted molar refractivity (Wildman–Crippen MR) is 104 cm³/mol. The van der Waals surface area contributed by atoms with Crippen LogP contribution < -0.4 is 10.1 Å². The molecule has 0 saturated carbocycles. The Morgan fingerprint density at radius 3 is 2.88 bits per heavy atom. The second kappa shape index (κ2) is 6.96. The van der Waals surface area contributed by atoms with Gasteiger partial charge in [0.15, 0.2) is 0 Å². The Labute approximate surface area is 151 Å². The molecular formula is C21H21N3O2. The summed E-state index contributed by atoms with van der Waals surface area (Å²) in [6.45, 7) is 1.30. The van der Waals surface area contributed by atoms with E-state index in [1.54, 1.807) is 7.11 Å². The molecule has 0 aliphatic carbocycles. The number of carbonyl (C=O) groups is 1. The Morgan fingerprint density at radius 2 is 2.00 bits per heavy atom. The Bertz CT molecular complexity index is 1060. The Morgan fingerprint density at radius 1 is 1.12 bits per heavy atom. The number of aromatic amines is 1. The van der Waals surface area contributed by atoms with Gasteiger partial charge in [-0.3, -0.25) is 4.79 Å². The minimum atomic E-state index is 0.0313. The Balaban J connectivity index is 1.38. The van der Waals surface area contributed by atoms with Crippen LogP contribution in [0, 0.1) is 0 Å². The van der Waals surface area contributed by atoms with Crippen LogP contribution in [0.5, 0.6) is 5.75 Å². The molecule has 1 amide bonds. The Hall–Kier alpha value is -3.21. The normalized spacial score (nSPS) is 11.1. The van der Waals surface area contributed by atoms with Gasteiger partial charge in [-0.25, -0.2) is 0 Å². The standard InChI is InChI=1S/C21H21N3O2/c1-26-20-8-4-7-19-17(20)9-11-24(19)12-10-22-21(25)13-15-14-23-18-6-3-2-5-16(15)18/h2-9,11,14,23H,10,12-13H2,1H3,(H,22,25). The lowest BCUT2D eigenvalue weighted by molar-refractivity contribution is -0.120. The maximum atomic E-state index is 12.3. The van der Waals surface area contributed by atoms with E-state index in [1.807, 2.05) is 54.9 Å². The number of para-hydroxylation sites is 1. The quantitative estimate of drug-likeness (QED) is 0.561. The lowest BCUT2D eigenvalue weighted by atomic mass is 10.1. The summed E-state index contributed by atoms with van der Waals surface area (Å²) in [4.78, 5) is 15.5. The molecule has 0 spiro atoms. The highest BCUT2D eigenvalue weighted by Crippen LogP contribution is 2.26. The molecule has 4 aromatic rings. The van der Waals surface area contributed by atoms with Crippen molar-refractivity contribution >= 4 is 27.7 Å². The van der Waals surface area contributed by atoms with Crippen molar-refractivity contribution in [2.75, 3.05) is 13.7 Å². The number of benzene rings is 2. The zero-order valence-corrected chi connectivity index (χ0v) is 14.7. The average Bonchev–Trinajstić information content (AvgIpc) is 3.26. The molecule has 0 bridgehead atoms. The number of amides is 1. The fourth-order valence-corrected chi connectivity index (χ4v) is 3.40. The van der Waals surface area contributed by atoms with Gasteiger partial charge < -0.3 is 19.6 Å². The van der Waals surface area contributed by atoms with Gasteiger partial charge in [0, 0.05) is 41.8 Å². The number of ether oxygens (including phenoxy) is 1. The molecule has 5 nitrogen and oxygen atoms in total. The van der Waals surface area contributed by atoms with Crippen molar-refractivity contribution in [2.24, 2.45) is 0 Å². The summed E-state index contributed by atoms with van der Waals surface area (Å²) in [5.74, 6) is 0.897. The summed E-state index contributed by atoms with van der Waals surface area (Å²) in [5.41, 5.74) is 3.19. The van der Waals surface area contributed by atoms with Crippen molar-refractivity contribution in [3.05, 3.63) is 66.5 Å². The highest BCUT2D eigenvalue weighted by molar-refractivity contribution is 5.89. The molecule has 26 heavy (non-hydrogen) atoms. The molecule has 4 rings (SSSR count). The van der Waals surface area contributed by atoms with Gasteiger partial charge in [0.1, 0.15) is 5.75 Å². The first-order valence-corrected chi connectivity index (χ1v) is 8.70. The molecule has 0 atom stereocenters. The zero-order valence-electron chi connectivity index (χ0n) is 14.7. The first kappa shape index (κ1) is 16.3. The summed E-state index contributed by atoms with van der Waals surface area (Å²) in [6.07, 6.45) is 4.32. The average molecular weight is 347 g/mol. The van der Waals surface area contributed by atoms with Gasteiger partial charge in [0.05, 0.1) is 19.0 Å². The topological polar surface area (TPSA) is 59.0 Å². The number of nitrogens with zero attached hydrogens (tertiary/aromatic N) is 1. The number of rotatable bonds is 6. The number of hydrogen-bond acceptors (Lipinski definition) is 2. The van der Waals surface area contributed by atoms with Crippen molar-refractivity contribution in [3.8, 4) is 5.75 Å². The summed E-state index contributed by atoms with van der Waals surface area (Å²) in [7, 11) is 1.68. The fraction of sp³-hybridized carbons (Fsp3) is 0.190. The maximum absolute atomic E-state index is 12.3. The molecule has 0 saturated heterocycles. The largest absolute Gasteiger partial charge is 0.496 e. The van der Waals surface area contributed by atoms with E-state index in [4.69, 9.17) is 4.74 Å². The molecule has 5 heteroatoms. The van der Waals surface area contributed by atoms with E-state index in [1.165, 1.54) is 0 Å². The van der Waals surface area contributed by atoms with Gasteiger partial charge >= 0.3 is 0 Å². The van der Waals surface area contributed by atoms with Gasteiger partial charge in [-0.2, -0.15) is 0 Å². The third-order valence-electron chi connectivity index (χ3n) is 4.69. The van der Waals surface area contributed by atoms with Crippen molar-refractivity contribution in [2.45, 2.75) is 13.0 Å². The number of nitrogens with one attached hydrogen (secondary N) is 2. The van der Waals surface area contributed by atoms with Crippen LogP contribution in [0.15, 0.2) is 60.9 Å². The molecule has 0 aliphatic heterocycles. The smallest absolute Gasteiger partial charge is 0.224 e. The number of methoxy groups -OCH3 is 1. The molecule has 0 aliphatic rings. The van der Waals surface area contributed by atoms with E-state index < -0.39 is 0 Å². The van der Waals surface area contributed by atoms with Crippen LogP contribution in [0.4, 0.5) is 0 Å². The van der Waals surface area contributed by atoms with E-state index in [9.17, 15) is 4.79 Å². The predicted octanol–water partition coefficient (Wildman–Crippen LogP) is 3.49. The second-order valence-electron chi connectivity index (χ2n) is 6.29. The van der Waals surface area contributed by atoms with Crippen LogP contribution in [-0.4, -0.2) is 29.1 Å². The third kappa shape index (κ3) is 3.04. The molecule has 2 aromatic heterocycles. The minimum Gasteiger partial charge on any atom is -0.496 e. The van der Waals surface area contributed by atoms with Crippen LogP contribution in [0.3, 0.4) is 0 Å². The lowest BCUT2D eigenvalue weighted by Crippen LogP contribution is -2.28. The van der Waals surface area contributed by atoms with Crippen molar-refractivity contribution in [3.63, 3.8) is 0 Å². The monoisotopic (exact) mass is 347 g/mol. The zero-order chi connectivity index (χ0) is 17.9. The number of fused-ring (bicyclic) bond motifs is 2. The first-order valence-electron chi connectivity index (χ1n) is 8.70. The third-order valence-corrected chi connectivity index (χ3v) is 4.69. The van der Waals surface area contributed by atoms with Crippen LogP contribution >= 0.6 is 0 Å². The van der Waals surface area contributed by atoms with Gasteiger partial charge in [0.25, 0.3) is 0 Å². The molecule has 2 N–H and O–H groups in total. The van der Waals surface area contributed by atoms with Gasteiger partial charge in [-0.15, -0.1) is 0 Å². The van der Waals surface area contributed by atoms with Crippen molar-refractivity contribution < 1.29 is 9.53 Å². The number of hydrogen-bond donors (Lipinski definition) is 2. The molecular weight excluding hydrogens is 326 g/mol. The summed E-state index contributed by atoms with van der Waals surface area (Å²) in [6, 6.07) is 16.1. The van der Waals surface area contributed by atoms with E-state index in [0.717, 1.165) is 39.7 Å². The van der Waals surface area contributed by atoms with Crippen LogP contribution in [0.1, 0.15) is 5.56 Å². The number of carbonyl (C=O) groups excluding carboxylic acids is 1. The second-order valence-corrected chi connectivity index (χ2v) is 6.29. The highest BCUT2D eigenvalue weighted by Gasteiger charge is 2.09. The van der Waals surface area contributed by atoms with Gasteiger partial charge in [0.2, 0.25) is 5.91 Å². The molecule has 0 fully saturated rings. The number of H-pyrrole nitrogens is 1. The van der Waals surface area contributed by atoms with E-state index in [0.29, 0.717) is 13.0 Å². The highest BCUT2D eigenvalue weighted by atomic mass is 16.5.